The molecule has 6 amide bonds. The van der Waals surface area contributed by atoms with Gasteiger partial charge in [0.25, 0.3) is 0 Å². The maximum absolute atomic E-state index is 14.2. The van der Waals surface area contributed by atoms with Gasteiger partial charge in [-0.2, -0.15) is 11.8 Å². The van der Waals surface area contributed by atoms with Crippen molar-refractivity contribution in [2.45, 2.75) is 88.1 Å². The number of hydrogen-bond donors (Lipinski definition) is 12. The molecule has 1 heterocycles. The van der Waals surface area contributed by atoms with Crippen molar-refractivity contribution >= 4 is 76.0 Å². The summed E-state index contributed by atoms with van der Waals surface area (Å²) < 4.78 is 0. The average Bonchev–Trinajstić information content (AvgIpc) is 3.66. The molecule has 0 aliphatic heterocycles. The number of hydrogen-bond acceptors (Lipinski definition) is 11. The minimum Gasteiger partial charge on any atom is -0.481 e. The van der Waals surface area contributed by atoms with Crippen LogP contribution in [0.1, 0.15) is 50.2 Å². The van der Waals surface area contributed by atoms with E-state index >= 15 is 0 Å². The zero-order chi connectivity index (χ0) is 46.5. The normalized spacial score (nSPS) is 13.8. The Hall–Kier alpha value is -6.68. The number of carbonyl (C=O) groups excluding carboxylic acids is 6. The second-order valence-electron chi connectivity index (χ2n) is 14.6. The number of aromatic nitrogens is 1. The summed E-state index contributed by atoms with van der Waals surface area (Å²) in [5, 5.41) is 34.5. The first-order chi connectivity index (χ1) is 30.0. The molecule has 3 rings (SSSR count). The number of aliphatic carboxylic acids is 2. The summed E-state index contributed by atoms with van der Waals surface area (Å²) in [6.45, 7) is 0.675. The number of nitrogens with two attached hydrogens (primary N) is 3. The van der Waals surface area contributed by atoms with E-state index < -0.39 is 96.6 Å². The van der Waals surface area contributed by atoms with Gasteiger partial charge in [-0.15, -0.1) is 0 Å². The van der Waals surface area contributed by atoms with Crippen molar-refractivity contribution in [1.29, 1.82) is 0 Å². The Bertz CT molecular complexity index is 2080. The summed E-state index contributed by atoms with van der Waals surface area (Å²) in [5.74, 6) is -6.95. The standard InChI is InChI=1S/C41H57N11O10S/c1-23(48-38(60)30(14-15-33(53)54)49-36(58)27(42)16-18-63-2)35(57)51-31(19-24-9-4-3-5-10-24)40(62)50-29(13-8-17-45-41(43)44)39(61)52-32(37(59)47-22-34(55)56)20-25-21-46-28-12-7-6-11-26(25)28/h3-7,9-12,21,23,27,29-32,46H,8,13-20,22,42H2,1-2H3,(H,47,59)(H,48,60)(H,49,58)(H,50,62)(H,51,57)(H,52,61)(H,53,54)(H,55,56)(H4,43,44,45)/t23-,27-,29-,30-,31-,32-/m0/s1. The van der Waals surface area contributed by atoms with E-state index in [1.165, 1.54) is 18.7 Å². The van der Waals surface area contributed by atoms with Crippen molar-refractivity contribution in [2.24, 2.45) is 22.2 Å². The number of benzene rings is 2. The number of guanidine groups is 1. The molecular formula is C41H57N11O10S. The molecule has 342 valence electrons. The van der Waals surface area contributed by atoms with Crippen LogP contribution in [0.4, 0.5) is 0 Å². The highest BCUT2D eigenvalue weighted by atomic mass is 32.2. The number of rotatable bonds is 27. The van der Waals surface area contributed by atoms with Gasteiger partial charge in [-0.3, -0.25) is 43.3 Å². The monoisotopic (exact) mass is 895 g/mol. The van der Waals surface area contributed by atoms with Gasteiger partial charge in [0.1, 0.15) is 36.8 Å². The maximum Gasteiger partial charge on any atom is 0.322 e. The predicted octanol–water partition coefficient (Wildman–Crippen LogP) is -1.40. The van der Waals surface area contributed by atoms with Crippen molar-refractivity contribution in [1.82, 2.24) is 36.9 Å². The van der Waals surface area contributed by atoms with Crippen LogP contribution in [0.25, 0.3) is 10.9 Å². The SMILES string of the molecule is CSCC[C@H](N)C(=O)N[C@@H](CCC(=O)O)C(=O)N[C@@H](C)C(=O)N[C@@H](Cc1ccccc1)C(=O)N[C@@H](CCCN=C(N)N)C(=O)N[C@@H](Cc1c[nH]c2ccccc12)C(=O)NCC(=O)O. The van der Waals surface area contributed by atoms with Crippen molar-refractivity contribution < 1.29 is 48.6 Å². The molecule has 0 aliphatic carbocycles. The van der Waals surface area contributed by atoms with E-state index in [0.29, 0.717) is 23.3 Å². The van der Waals surface area contributed by atoms with Crippen LogP contribution in [0.15, 0.2) is 65.8 Å². The summed E-state index contributed by atoms with van der Waals surface area (Å²) >= 11 is 1.47. The summed E-state index contributed by atoms with van der Waals surface area (Å²) in [6.07, 6.45) is 3.02. The molecule has 0 spiro atoms. The van der Waals surface area contributed by atoms with Gasteiger partial charge in [0.2, 0.25) is 35.4 Å². The number of carbonyl (C=O) groups is 8. The molecule has 21 nitrogen and oxygen atoms in total. The molecule has 0 saturated carbocycles. The maximum atomic E-state index is 14.2. The predicted molar refractivity (Wildman–Crippen MR) is 236 cm³/mol. The molecule has 0 unspecified atom stereocenters. The lowest BCUT2D eigenvalue weighted by Crippen LogP contribution is -2.59. The Kier molecular flexibility index (Phi) is 20.9. The average molecular weight is 896 g/mol. The fraction of sp³-hybridized carbons (Fsp3) is 0.439. The van der Waals surface area contributed by atoms with Gasteiger partial charge in [-0.05, 0) is 61.8 Å². The number of para-hydroxylation sites is 1. The van der Waals surface area contributed by atoms with Crippen molar-refractivity contribution in [2.75, 3.05) is 25.1 Å². The lowest BCUT2D eigenvalue weighted by atomic mass is 10.0. The summed E-state index contributed by atoms with van der Waals surface area (Å²) in [7, 11) is 0. The summed E-state index contributed by atoms with van der Waals surface area (Å²) in [6, 6.07) is 8.25. The van der Waals surface area contributed by atoms with Crippen LogP contribution < -0.4 is 49.1 Å². The van der Waals surface area contributed by atoms with Gasteiger partial charge in [0.05, 0.1) is 6.04 Å². The molecule has 15 N–H and O–H groups in total. The second-order valence-corrected chi connectivity index (χ2v) is 15.6. The summed E-state index contributed by atoms with van der Waals surface area (Å²) in [5.41, 5.74) is 18.9. The smallest absolute Gasteiger partial charge is 0.322 e. The number of amides is 6. The zero-order valence-electron chi connectivity index (χ0n) is 35.1. The number of thioether (sulfide) groups is 1. The van der Waals surface area contributed by atoms with Gasteiger partial charge in [0.15, 0.2) is 5.96 Å². The fourth-order valence-corrected chi connectivity index (χ4v) is 6.75. The Labute approximate surface area is 367 Å². The number of carboxylic acids is 2. The minimum absolute atomic E-state index is 0.0479. The molecule has 1 aromatic heterocycles. The molecule has 2 aromatic carbocycles. The van der Waals surface area contributed by atoms with E-state index in [4.69, 9.17) is 17.2 Å². The number of aliphatic imine (C=N–C) groups is 1. The third kappa shape index (κ3) is 17.7. The van der Waals surface area contributed by atoms with Crippen LogP contribution in [0, 0.1) is 0 Å². The zero-order valence-corrected chi connectivity index (χ0v) is 35.9. The molecule has 0 saturated heterocycles. The Balaban J connectivity index is 1.87. The van der Waals surface area contributed by atoms with E-state index in [-0.39, 0.29) is 44.6 Å². The van der Waals surface area contributed by atoms with Crippen LogP contribution in [-0.4, -0.2) is 130 Å². The van der Waals surface area contributed by atoms with Gasteiger partial charge in [-0.25, -0.2) is 0 Å². The van der Waals surface area contributed by atoms with Gasteiger partial charge in [0, 0.05) is 42.9 Å². The number of H-pyrrole nitrogens is 1. The van der Waals surface area contributed by atoms with E-state index in [1.54, 1.807) is 42.6 Å². The topological polar surface area (TPSA) is 355 Å². The van der Waals surface area contributed by atoms with Crippen molar-refractivity contribution in [3.05, 3.63) is 71.9 Å². The number of carboxylic acid groups (broad SMARTS) is 2. The van der Waals surface area contributed by atoms with Crippen molar-refractivity contribution in [3.8, 4) is 0 Å². The Morgan fingerprint density at radius 2 is 1.29 bits per heavy atom. The Morgan fingerprint density at radius 3 is 1.95 bits per heavy atom. The van der Waals surface area contributed by atoms with Crippen LogP contribution in [-0.2, 0) is 51.2 Å². The van der Waals surface area contributed by atoms with Gasteiger partial charge < -0.3 is 64.3 Å². The van der Waals surface area contributed by atoms with E-state index in [2.05, 4.69) is 41.9 Å². The molecule has 22 heteroatoms. The first-order valence-electron chi connectivity index (χ1n) is 20.1. The minimum atomic E-state index is -1.35. The van der Waals surface area contributed by atoms with Crippen LogP contribution in [0.5, 0.6) is 0 Å². The molecule has 0 bridgehead atoms. The highest BCUT2D eigenvalue weighted by Gasteiger charge is 2.32. The Morgan fingerprint density at radius 1 is 0.698 bits per heavy atom. The number of fused-ring (bicyclic) bond motifs is 1. The molecule has 3 aromatic rings. The number of aromatic amines is 1. The van der Waals surface area contributed by atoms with Gasteiger partial charge >= 0.3 is 11.9 Å². The molecular weight excluding hydrogens is 839 g/mol. The highest BCUT2D eigenvalue weighted by molar-refractivity contribution is 7.98. The quantitative estimate of drug-likeness (QED) is 0.0238. The first kappa shape index (κ1) is 50.7. The van der Waals surface area contributed by atoms with Crippen LogP contribution in [0.2, 0.25) is 0 Å². The molecule has 0 aliphatic rings. The van der Waals surface area contributed by atoms with E-state index in [0.717, 1.165) is 10.9 Å². The third-order valence-electron chi connectivity index (χ3n) is 9.64. The number of nitrogens with one attached hydrogen (secondary N) is 7. The third-order valence-corrected chi connectivity index (χ3v) is 10.3. The van der Waals surface area contributed by atoms with E-state index in [1.807, 2.05) is 24.5 Å². The number of nitrogens with zero attached hydrogens (tertiary/aromatic N) is 1. The largest absolute Gasteiger partial charge is 0.481 e. The lowest BCUT2D eigenvalue weighted by molar-refractivity contribution is -0.139. The van der Waals surface area contributed by atoms with Crippen LogP contribution >= 0.6 is 11.8 Å². The molecule has 0 fully saturated rings. The summed E-state index contributed by atoms with van der Waals surface area (Å²) in [4.78, 5) is 111. The van der Waals surface area contributed by atoms with Crippen LogP contribution in [0.3, 0.4) is 0 Å². The highest BCUT2D eigenvalue weighted by Crippen LogP contribution is 2.19. The second kappa shape index (κ2) is 25.9. The molecule has 0 radical (unpaired) electrons. The first-order valence-corrected chi connectivity index (χ1v) is 21.5. The lowest BCUT2D eigenvalue weighted by Gasteiger charge is -2.26. The van der Waals surface area contributed by atoms with Crippen molar-refractivity contribution in [3.63, 3.8) is 0 Å². The fourth-order valence-electron chi connectivity index (χ4n) is 6.26. The molecule has 63 heavy (non-hydrogen) atoms. The van der Waals surface area contributed by atoms with E-state index in [9.17, 15) is 48.6 Å². The van der Waals surface area contributed by atoms with Gasteiger partial charge in [-0.1, -0.05) is 48.5 Å². The molecule has 6 atom stereocenters.